The molecule has 0 amide bonds. The molecule has 2 rings (SSSR count). The fourth-order valence-corrected chi connectivity index (χ4v) is 2.86. The number of rotatable bonds is 7. The first-order chi connectivity index (χ1) is 9.29. The topological polar surface area (TPSA) is 46.0 Å². The van der Waals surface area contributed by atoms with Crippen molar-refractivity contribution in [2.45, 2.75) is 45.7 Å². The van der Waals surface area contributed by atoms with Crippen LogP contribution in [0.2, 0.25) is 0 Å². The first-order valence-electron chi connectivity index (χ1n) is 7.59. The van der Waals surface area contributed by atoms with Crippen LogP contribution in [0.1, 0.15) is 33.1 Å². The molecule has 19 heavy (non-hydrogen) atoms. The maximum Gasteiger partial charge on any atom is 0.0692 e. The summed E-state index contributed by atoms with van der Waals surface area (Å²) in [6, 6.07) is 0.634. The monoisotopic (exact) mass is 265 g/mol. The Kier molecular flexibility index (Phi) is 5.79. The van der Waals surface area contributed by atoms with E-state index in [1.54, 1.807) is 6.20 Å². The molecule has 0 radical (unpaired) electrons. The molecule has 1 unspecified atom stereocenters. The van der Waals surface area contributed by atoms with Crippen molar-refractivity contribution in [1.82, 2.24) is 25.2 Å². The maximum absolute atomic E-state index is 3.97. The summed E-state index contributed by atoms with van der Waals surface area (Å²) in [5, 5.41) is 11.5. The van der Waals surface area contributed by atoms with Gasteiger partial charge in [0.2, 0.25) is 0 Å². The Bertz CT molecular complexity index is 330. The highest BCUT2D eigenvalue weighted by atomic mass is 15.4. The van der Waals surface area contributed by atoms with Gasteiger partial charge in [-0.15, -0.1) is 5.10 Å². The van der Waals surface area contributed by atoms with Crippen LogP contribution < -0.4 is 5.32 Å². The quantitative estimate of drug-likeness (QED) is 0.757. The average molecular weight is 265 g/mol. The zero-order valence-electron chi connectivity index (χ0n) is 12.3. The lowest BCUT2D eigenvalue weighted by atomic mass is 9.90. The van der Waals surface area contributed by atoms with E-state index in [0.29, 0.717) is 6.04 Å². The SMILES string of the molecule is CCN1CCC(C(C)NCCCn2ccnn2)CC1. The average Bonchev–Trinajstić information content (AvgIpc) is 2.96. The Labute approximate surface area is 116 Å². The van der Waals surface area contributed by atoms with E-state index in [2.05, 4.69) is 34.4 Å². The van der Waals surface area contributed by atoms with E-state index in [1.807, 2.05) is 10.9 Å². The first-order valence-corrected chi connectivity index (χ1v) is 7.59. The zero-order chi connectivity index (χ0) is 13.5. The number of likely N-dealkylation sites (tertiary alicyclic amines) is 1. The summed E-state index contributed by atoms with van der Waals surface area (Å²) >= 11 is 0. The van der Waals surface area contributed by atoms with Gasteiger partial charge >= 0.3 is 0 Å². The molecule has 0 aromatic carbocycles. The predicted molar refractivity (Wildman–Crippen MR) is 76.9 cm³/mol. The van der Waals surface area contributed by atoms with Crippen LogP contribution in [0, 0.1) is 5.92 Å². The Morgan fingerprint density at radius 2 is 2.16 bits per heavy atom. The highest BCUT2D eigenvalue weighted by molar-refractivity contribution is 4.79. The molecule has 0 spiro atoms. The van der Waals surface area contributed by atoms with Crippen molar-refractivity contribution < 1.29 is 0 Å². The van der Waals surface area contributed by atoms with E-state index in [-0.39, 0.29) is 0 Å². The first kappa shape index (κ1) is 14.5. The molecule has 0 bridgehead atoms. The minimum Gasteiger partial charge on any atom is -0.314 e. The van der Waals surface area contributed by atoms with Crippen molar-refractivity contribution in [3.05, 3.63) is 12.4 Å². The molecule has 2 heterocycles. The number of hydrogen-bond acceptors (Lipinski definition) is 4. The van der Waals surface area contributed by atoms with Gasteiger partial charge in [-0.05, 0) is 58.3 Å². The summed E-state index contributed by atoms with van der Waals surface area (Å²) < 4.78 is 1.89. The third kappa shape index (κ3) is 4.58. The van der Waals surface area contributed by atoms with Gasteiger partial charge in [-0.25, -0.2) is 0 Å². The van der Waals surface area contributed by atoms with E-state index in [0.717, 1.165) is 25.4 Å². The van der Waals surface area contributed by atoms with Crippen LogP contribution in [0.3, 0.4) is 0 Å². The second kappa shape index (κ2) is 7.60. The molecule has 1 aliphatic heterocycles. The zero-order valence-corrected chi connectivity index (χ0v) is 12.3. The molecule has 1 saturated heterocycles. The molecule has 0 aliphatic carbocycles. The van der Waals surface area contributed by atoms with Gasteiger partial charge in [0.15, 0.2) is 0 Å². The number of hydrogen-bond donors (Lipinski definition) is 1. The lowest BCUT2D eigenvalue weighted by Crippen LogP contribution is -2.42. The van der Waals surface area contributed by atoms with Crippen molar-refractivity contribution in [3.63, 3.8) is 0 Å². The van der Waals surface area contributed by atoms with E-state index in [4.69, 9.17) is 0 Å². The molecule has 5 heteroatoms. The molecule has 1 atom stereocenters. The van der Waals surface area contributed by atoms with Crippen molar-refractivity contribution in [2.24, 2.45) is 5.92 Å². The van der Waals surface area contributed by atoms with Gasteiger partial charge in [0.25, 0.3) is 0 Å². The smallest absolute Gasteiger partial charge is 0.0692 e. The largest absolute Gasteiger partial charge is 0.314 e. The molecule has 0 saturated carbocycles. The van der Waals surface area contributed by atoms with Crippen LogP contribution in [-0.2, 0) is 6.54 Å². The van der Waals surface area contributed by atoms with E-state index >= 15 is 0 Å². The van der Waals surface area contributed by atoms with E-state index < -0.39 is 0 Å². The molecule has 1 aromatic heterocycles. The number of aryl methyl sites for hydroxylation is 1. The van der Waals surface area contributed by atoms with Gasteiger partial charge in [0.1, 0.15) is 0 Å². The molecule has 1 N–H and O–H groups in total. The second-order valence-electron chi connectivity index (χ2n) is 5.53. The molecule has 5 nitrogen and oxygen atoms in total. The van der Waals surface area contributed by atoms with Crippen LogP contribution in [0.25, 0.3) is 0 Å². The van der Waals surface area contributed by atoms with Crippen LogP contribution in [0.15, 0.2) is 12.4 Å². The summed E-state index contributed by atoms with van der Waals surface area (Å²) in [6.07, 6.45) is 7.44. The standard InChI is InChI=1S/C14H27N5/c1-3-18-10-5-14(6-11-18)13(2)15-7-4-9-19-12-8-16-17-19/h8,12-15H,3-7,9-11H2,1-2H3. The Hall–Kier alpha value is -0.940. The van der Waals surface area contributed by atoms with Gasteiger partial charge in [-0.2, -0.15) is 0 Å². The van der Waals surface area contributed by atoms with Crippen molar-refractivity contribution in [3.8, 4) is 0 Å². The van der Waals surface area contributed by atoms with E-state index in [1.165, 1.54) is 32.5 Å². The molecule has 1 aromatic rings. The van der Waals surface area contributed by atoms with Crippen molar-refractivity contribution in [2.75, 3.05) is 26.2 Å². The van der Waals surface area contributed by atoms with E-state index in [9.17, 15) is 0 Å². The van der Waals surface area contributed by atoms with Crippen LogP contribution in [0.5, 0.6) is 0 Å². The third-order valence-electron chi connectivity index (χ3n) is 4.29. The Morgan fingerprint density at radius 1 is 1.37 bits per heavy atom. The highest BCUT2D eigenvalue weighted by Crippen LogP contribution is 2.20. The molecule has 108 valence electrons. The van der Waals surface area contributed by atoms with Gasteiger partial charge in [0, 0.05) is 18.8 Å². The minimum absolute atomic E-state index is 0.634. The number of aromatic nitrogens is 3. The maximum atomic E-state index is 3.97. The fraction of sp³-hybridized carbons (Fsp3) is 0.857. The predicted octanol–water partition coefficient (Wildman–Crippen LogP) is 1.38. The summed E-state index contributed by atoms with van der Waals surface area (Å²) in [5.74, 6) is 0.842. The highest BCUT2D eigenvalue weighted by Gasteiger charge is 2.22. The summed E-state index contributed by atoms with van der Waals surface area (Å²) in [7, 11) is 0. The van der Waals surface area contributed by atoms with Crippen molar-refractivity contribution >= 4 is 0 Å². The van der Waals surface area contributed by atoms with Gasteiger partial charge in [0.05, 0.1) is 6.20 Å². The van der Waals surface area contributed by atoms with Gasteiger partial charge < -0.3 is 10.2 Å². The van der Waals surface area contributed by atoms with Crippen molar-refractivity contribution in [1.29, 1.82) is 0 Å². The second-order valence-corrected chi connectivity index (χ2v) is 5.53. The molecular formula is C14H27N5. The van der Waals surface area contributed by atoms with Gasteiger partial charge in [-0.1, -0.05) is 12.1 Å². The summed E-state index contributed by atoms with van der Waals surface area (Å²) in [6.45, 7) is 10.3. The number of nitrogens with zero attached hydrogens (tertiary/aromatic N) is 4. The number of nitrogens with one attached hydrogen (secondary N) is 1. The molecule has 1 aliphatic rings. The normalized spacial score (nSPS) is 19.7. The van der Waals surface area contributed by atoms with Crippen LogP contribution in [-0.4, -0.2) is 52.1 Å². The Balaban J connectivity index is 1.58. The molecule has 1 fully saturated rings. The minimum atomic E-state index is 0.634. The lowest BCUT2D eigenvalue weighted by Gasteiger charge is -2.34. The Morgan fingerprint density at radius 3 is 2.79 bits per heavy atom. The summed E-state index contributed by atoms with van der Waals surface area (Å²) in [4.78, 5) is 2.55. The van der Waals surface area contributed by atoms with Crippen LogP contribution >= 0.6 is 0 Å². The number of piperidine rings is 1. The lowest BCUT2D eigenvalue weighted by molar-refractivity contribution is 0.169. The van der Waals surface area contributed by atoms with Crippen LogP contribution in [0.4, 0.5) is 0 Å². The molecular weight excluding hydrogens is 238 g/mol. The fourth-order valence-electron chi connectivity index (χ4n) is 2.86. The summed E-state index contributed by atoms with van der Waals surface area (Å²) in [5.41, 5.74) is 0. The third-order valence-corrected chi connectivity index (χ3v) is 4.29. The van der Waals surface area contributed by atoms with Gasteiger partial charge in [-0.3, -0.25) is 4.68 Å².